The Balaban J connectivity index is 2.75. The molecule has 1 heteroatoms. The average molecular weight is 134 g/mol. The zero-order valence-corrected chi connectivity index (χ0v) is 6.22. The summed E-state index contributed by atoms with van der Waals surface area (Å²) in [5.41, 5.74) is 2.36. The molecule has 53 valence electrons. The van der Waals surface area contributed by atoms with Gasteiger partial charge in [-0.05, 0) is 25.1 Å². The molecule has 1 aromatic carbocycles. The van der Waals surface area contributed by atoms with Crippen molar-refractivity contribution >= 4 is 0 Å². The summed E-state index contributed by atoms with van der Waals surface area (Å²) < 4.78 is 0. The van der Waals surface area contributed by atoms with Crippen LogP contribution in [0.25, 0.3) is 0 Å². The molecule has 1 radical (unpaired) electrons. The minimum atomic E-state index is 0.920. The SMILES string of the molecule is [CH2]c1cccc(CNC)c1. The van der Waals surface area contributed by atoms with Crippen LogP contribution in [-0.4, -0.2) is 7.05 Å². The van der Waals surface area contributed by atoms with E-state index < -0.39 is 0 Å². The summed E-state index contributed by atoms with van der Waals surface area (Å²) in [5.74, 6) is 0. The molecule has 0 saturated carbocycles. The van der Waals surface area contributed by atoms with E-state index in [4.69, 9.17) is 0 Å². The van der Waals surface area contributed by atoms with E-state index in [1.54, 1.807) is 0 Å². The minimum absolute atomic E-state index is 0.920. The maximum Gasteiger partial charge on any atom is 0.0202 e. The molecule has 1 N–H and O–H groups in total. The summed E-state index contributed by atoms with van der Waals surface area (Å²) in [7, 11) is 1.94. The van der Waals surface area contributed by atoms with Gasteiger partial charge in [-0.15, -0.1) is 0 Å². The zero-order valence-electron chi connectivity index (χ0n) is 6.22. The average Bonchev–Trinajstić information content (AvgIpc) is 1.88. The first-order valence-electron chi connectivity index (χ1n) is 3.38. The molecule has 0 fully saturated rings. The van der Waals surface area contributed by atoms with E-state index in [0.29, 0.717) is 0 Å². The first-order valence-corrected chi connectivity index (χ1v) is 3.38. The van der Waals surface area contributed by atoms with Gasteiger partial charge >= 0.3 is 0 Å². The van der Waals surface area contributed by atoms with Crippen molar-refractivity contribution in [3.05, 3.63) is 42.3 Å². The third-order valence-electron chi connectivity index (χ3n) is 1.37. The molecular weight excluding hydrogens is 122 g/mol. The van der Waals surface area contributed by atoms with E-state index in [1.807, 2.05) is 19.2 Å². The van der Waals surface area contributed by atoms with E-state index in [0.717, 1.165) is 12.1 Å². The van der Waals surface area contributed by atoms with E-state index in [-0.39, 0.29) is 0 Å². The lowest BCUT2D eigenvalue weighted by atomic mass is 10.1. The molecule has 0 unspecified atom stereocenters. The van der Waals surface area contributed by atoms with Crippen LogP contribution in [-0.2, 0) is 6.54 Å². The maximum absolute atomic E-state index is 3.84. The second-order valence-corrected chi connectivity index (χ2v) is 2.35. The van der Waals surface area contributed by atoms with Gasteiger partial charge in [-0.25, -0.2) is 0 Å². The highest BCUT2D eigenvalue weighted by Crippen LogP contribution is 2.02. The molecule has 0 aromatic heterocycles. The smallest absolute Gasteiger partial charge is 0.0202 e. The number of nitrogens with one attached hydrogen (secondary N) is 1. The van der Waals surface area contributed by atoms with Crippen molar-refractivity contribution in [2.45, 2.75) is 6.54 Å². The molecule has 1 rings (SSSR count). The quantitative estimate of drug-likeness (QED) is 0.647. The molecule has 0 bridgehead atoms. The predicted octanol–water partition coefficient (Wildman–Crippen LogP) is 1.59. The highest BCUT2D eigenvalue weighted by Gasteiger charge is 1.88. The van der Waals surface area contributed by atoms with Gasteiger partial charge in [0.25, 0.3) is 0 Å². The number of hydrogen-bond donors (Lipinski definition) is 1. The molecule has 0 aliphatic heterocycles. The fourth-order valence-corrected chi connectivity index (χ4v) is 0.944. The van der Waals surface area contributed by atoms with Crippen molar-refractivity contribution in [2.24, 2.45) is 0 Å². The van der Waals surface area contributed by atoms with Gasteiger partial charge in [-0.1, -0.05) is 24.3 Å². The Morgan fingerprint density at radius 2 is 2.30 bits per heavy atom. The van der Waals surface area contributed by atoms with Gasteiger partial charge in [0, 0.05) is 6.54 Å². The van der Waals surface area contributed by atoms with Crippen LogP contribution in [0.15, 0.2) is 24.3 Å². The molecule has 0 spiro atoms. The van der Waals surface area contributed by atoms with Crippen LogP contribution in [0.4, 0.5) is 0 Å². The van der Waals surface area contributed by atoms with Crippen molar-refractivity contribution in [1.29, 1.82) is 0 Å². The third kappa shape index (κ3) is 1.85. The topological polar surface area (TPSA) is 12.0 Å². The molecular formula is C9H12N. The Bertz CT molecular complexity index is 206. The summed E-state index contributed by atoms with van der Waals surface area (Å²) >= 11 is 0. The molecule has 1 aromatic rings. The van der Waals surface area contributed by atoms with Gasteiger partial charge in [0.05, 0.1) is 0 Å². The van der Waals surface area contributed by atoms with Crippen molar-refractivity contribution in [3.8, 4) is 0 Å². The number of rotatable bonds is 2. The fraction of sp³-hybridized carbons (Fsp3) is 0.222. The molecule has 10 heavy (non-hydrogen) atoms. The lowest BCUT2D eigenvalue weighted by Crippen LogP contribution is -2.04. The van der Waals surface area contributed by atoms with Gasteiger partial charge in [0.2, 0.25) is 0 Å². The monoisotopic (exact) mass is 134 g/mol. The lowest BCUT2D eigenvalue weighted by Gasteiger charge is -1.99. The minimum Gasteiger partial charge on any atom is -0.316 e. The summed E-state index contributed by atoms with van der Waals surface area (Å²) in [6, 6.07) is 8.19. The standard InChI is InChI=1S/C9H12N/c1-8-4-3-5-9(6-8)7-10-2/h3-6,10H,1,7H2,2H3. The van der Waals surface area contributed by atoms with Crippen LogP contribution in [0, 0.1) is 6.92 Å². The second-order valence-electron chi connectivity index (χ2n) is 2.35. The first-order chi connectivity index (χ1) is 4.83. The Hall–Kier alpha value is -0.820. The van der Waals surface area contributed by atoms with Gasteiger partial charge in [0.1, 0.15) is 0 Å². The van der Waals surface area contributed by atoms with E-state index >= 15 is 0 Å². The van der Waals surface area contributed by atoms with Crippen molar-refractivity contribution in [2.75, 3.05) is 7.05 Å². The summed E-state index contributed by atoms with van der Waals surface area (Å²) in [4.78, 5) is 0. The van der Waals surface area contributed by atoms with Crippen molar-refractivity contribution < 1.29 is 0 Å². The van der Waals surface area contributed by atoms with Crippen molar-refractivity contribution in [1.82, 2.24) is 5.32 Å². The molecule has 0 heterocycles. The summed E-state index contributed by atoms with van der Waals surface area (Å²) in [5, 5.41) is 3.08. The predicted molar refractivity (Wildman–Crippen MR) is 43.7 cm³/mol. The zero-order chi connectivity index (χ0) is 7.40. The molecule has 0 atom stereocenters. The van der Waals surface area contributed by atoms with Crippen LogP contribution < -0.4 is 5.32 Å². The molecule has 0 saturated heterocycles. The number of hydrogen-bond acceptors (Lipinski definition) is 1. The second kappa shape index (κ2) is 3.37. The highest BCUT2D eigenvalue weighted by atomic mass is 14.8. The maximum atomic E-state index is 3.84. The summed E-state index contributed by atoms with van der Waals surface area (Å²) in [6.45, 7) is 4.76. The normalized spacial score (nSPS) is 9.80. The Labute approximate surface area is 62.1 Å². The van der Waals surface area contributed by atoms with Gasteiger partial charge in [0.15, 0.2) is 0 Å². The molecule has 0 amide bonds. The van der Waals surface area contributed by atoms with E-state index in [2.05, 4.69) is 24.4 Å². The first kappa shape index (κ1) is 7.29. The van der Waals surface area contributed by atoms with Crippen LogP contribution >= 0.6 is 0 Å². The lowest BCUT2D eigenvalue weighted by molar-refractivity contribution is 0.817. The molecule has 0 aliphatic rings. The fourth-order valence-electron chi connectivity index (χ4n) is 0.944. The molecule has 1 nitrogen and oxygen atoms in total. The summed E-state index contributed by atoms with van der Waals surface area (Å²) in [6.07, 6.45) is 0. The Morgan fingerprint density at radius 3 is 2.90 bits per heavy atom. The molecule has 0 aliphatic carbocycles. The largest absolute Gasteiger partial charge is 0.316 e. The van der Waals surface area contributed by atoms with Gasteiger partial charge in [-0.2, -0.15) is 0 Å². The van der Waals surface area contributed by atoms with E-state index in [9.17, 15) is 0 Å². The number of benzene rings is 1. The van der Waals surface area contributed by atoms with Gasteiger partial charge < -0.3 is 5.32 Å². The highest BCUT2D eigenvalue weighted by molar-refractivity contribution is 5.24. The van der Waals surface area contributed by atoms with Gasteiger partial charge in [-0.3, -0.25) is 0 Å². The Morgan fingerprint density at radius 1 is 1.50 bits per heavy atom. The van der Waals surface area contributed by atoms with Crippen LogP contribution in [0.5, 0.6) is 0 Å². The third-order valence-corrected chi connectivity index (χ3v) is 1.37. The van der Waals surface area contributed by atoms with Crippen LogP contribution in [0.1, 0.15) is 11.1 Å². The van der Waals surface area contributed by atoms with Crippen LogP contribution in [0.3, 0.4) is 0 Å². The van der Waals surface area contributed by atoms with Crippen LogP contribution in [0.2, 0.25) is 0 Å². The Kier molecular flexibility index (Phi) is 2.46. The van der Waals surface area contributed by atoms with E-state index in [1.165, 1.54) is 5.56 Å². The van der Waals surface area contributed by atoms with Crippen molar-refractivity contribution in [3.63, 3.8) is 0 Å².